The molecule has 2 aromatic rings. The molecule has 0 aliphatic heterocycles. The quantitative estimate of drug-likeness (QED) is 0.604. The van der Waals surface area contributed by atoms with Crippen LogP contribution in [0.3, 0.4) is 0 Å². The summed E-state index contributed by atoms with van der Waals surface area (Å²) in [7, 11) is 0. The molecule has 0 unspecified atom stereocenters. The predicted octanol–water partition coefficient (Wildman–Crippen LogP) is 5.23. The van der Waals surface area contributed by atoms with Gasteiger partial charge in [0.15, 0.2) is 0 Å². The van der Waals surface area contributed by atoms with Gasteiger partial charge in [0.25, 0.3) is 0 Å². The summed E-state index contributed by atoms with van der Waals surface area (Å²) < 4.78 is 5.58. The molecular weight excluding hydrogens is 307 g/mol. The lowest BCUT2D eigenvalue weighted by atomic mass is 10.2. The van der Waals surface area contributed by atoms with E-state index in [1.54, 1.807) is 18.3 Å². The minimum absolute atomic E-state index is 0.0913. The van der Waals surface area contributed by atoms with Crippen molar-refractivity contribution in [2.45, 2.75) is 20.0 Å². The molecule has 0 fully saturated rings. The van der Waals surface area contributed by atoms with Crippen molar-refractivity contribution in [3.63, 3.8) is 0 Å². The molecule has 5 heteroatoms. The van der Waals surface area contributed by atoms with Crippen LogP contribution in [0.5, 0.6) is 5.75 Å². The number of benzene rings is 2. The van der Waals surface area contributed by atoms with Gasteiger partial charge in [0.1, 0.15) is 5.75 Å². The molecule has 3 nitrogen and oxygen atoms in total. The van der Waals surface area contributed by atoms with Crippen LogP contribution in [0.1, 0.15) is 19.4 Å². The molecule has 0 amide bonds. The third-order valence-corrected chi connectivity index (χ3v) is 3.12. The van der Waals surface area contributed by atoms with Crippen molar-refractivity contribution in [3.8, 4) is 5.75 Å². The van der Waals surface area contributed by atoms with Gasteiger partial charge in [-0.1, -0.05) is 23.2 Å². The van der Waals surface area contributed by atoms with Crippen molar-refractivity contribution in [2.75, 3.05) is 5.43 Å². The molecule has 0 aliphatic carbocycles. The topological polar surface area (TPSA) is 33.6 Å². The van der Waals surface area contributed by atoms with Crippen LogP contribution in [0, 0.1) is 0 Å². The average molecular weight is 323 g/mol. The Morgan fingerprint density at radius 3 is 2.43 bits per heavy atom. The standard InChI is InChI=1S/C16H16Cl2N2O/c1-11(2)21-16-8-3-12(9-15(16)18)10-19-20-14-6-4-13(17)5-7-14/h3-11,20H,1-2H3/b19-10+. The maximum absolute atomic E-state index is 6.17. The maximum Gasteiger partial charge on any atom is 0.138 e. The zero-order chi connectivity index (χ0) is 15.2. The van der Waals surface area contributed by atoms with Gasteiger partial charge in [-0.2, -0.15) is 5.10 Å². The van der Waals surface area contributed by atoms with E-state index in [0.717, 1.165) is 11.3 Å². The third kappa shape index (κ3) is 4.96. The normalized spacial score (nSPS) is 11.1. The fraction of sp³-hybridized carbons (Fsp3) is 0.188. The van der Waals surface area contributed by atoms with Gasteiger partial charge < -0.3 is 4.74 Å². The largest absolute Gasteiger partial charge is 0.489 e. The van der Waals surface area contributed by atoms with Crippen molar-refractivity contribution in [2.24, 2.45) is 5.10 Å². The van der Waals surface area contributed by atoms with Crippen molar-refractivity contribution in [1.82, 2.24) is 0 Å². The number of hydrogen-bond donors (Lipinski definition) is 1. The number of hydrazone groups is 1. The molecular formula is C16H16Cl2N2O. The lowest BCUT2D eigenvalue weighted by molar-refractivity contribution is 0.242. The number of hydrogen-bond acceptors (Lipinski definition) is 3. The Morgan fingerprint density at radius 2 is 1.81 bits per heavy atom. The van der Waals surface area contributed by atoms with E-state index in [2.05, 4.69) is 10.5 Å². The molecule has 0 atom stereocenters. The predicted molar refractivity (Wildman–Crippen MR) is 89.9 cm³/mol. The zero-order valence-corrected chi connectivity index (χ0v) is 13.3. The summed E-state index contributed by atoms with van der Waals surface area (Å²) >= 11 is 12.0. The molecule has 0 saturated heterocycles. The fourth-order valence-corrected chi connectivity index (χ4v) is 2.01. The van der Waals surface area contributed by atoms with Gasteiger partial charge in [-0.25, -0.2) is 0 Å². The molecule has 1 N–H and O–H groups in total. The highest BCUT2D eigenvalue weighted by molar-refractivity contribution is 6.32. The van der Waals surface area contributed by atoms with Crippen molar-refractivity contribution in [3.05, 3.63) is 58.1 Å². The van der Waals surface area contributed by atoms with Crippen molar-refractivity contribution in [1.29, 1.82) is 0 Å². The van der Waals surface area contributed by atoms with Gasteiger partial charge in [-0.15, -0.1) is 0 Å². The first-order chi connectivity index (χ1) is 10.0. The molecule has 0 spiro atoms. The number of anilines is 1. The second kappa shape index (κ2) is 7.34. The monoisotopic (exact) mass is 322 g/mol. The minimum atomic E-state index is 0.0913. The molecule has 0 aromatic heterocycles. The molecule has 0 aliphatic rings. The lowest BCUT2D eigenvalue weighted by Gasteiger charge is -2.11. The van der Waals surface area contributed by atoms with E-state index in [4.69, 9.17) is 27.9 Å². The maximum atomic E-state index is 6.17. The Hall–Kier alpha value is -1.71. The Bertz CT molecular complexity index is 625. The van der Waals surface area contributed by atoms with E-state index < -0.39 is 0 Å². The molecule has 2 aromatic carbocycles. The van der Waals surface area contributed by atoms with Crippen LogP contribution in [-0.4, -0.2) is 12.3 Å². The smallest absolute Gasteiger partial charge is 0.138 e. The third-order valence-electron chi connectivity index (χ3n) is 2.57. The summed E-state index contributed by atoms with van der Waals surface area (Å²) in [5, 5.41) is 5.42. The highest BCUT2D eigenvalue weighted by Crippen LogP contribution is 2.25. The summed E-state index contributed by atoms with van der Waals surface area (Å²) in [4.78, 5) is 0. The first-order valence-corrected chi connectivity index (χ1v) is 7.31. The first-order valence-electron chi connectivity index (χ1n) is 6.55. The summed E-state index contributed by atoms with van der Waals surface area (Å²) in [5.74, 6) is 0.675. The van der Waals surface area contributed by atoms with E-state index in [9.17, 15) is 0 Å². The molecule has 110 valence electrons. The molecule has 0 heterocycles. The Balaban J connectivity index is 2.00. The van der Waals surface area contributed by atoms with Gasteiger partial charge in [-0.05, 0) is 61.9 Å². The second-order valence-electron chi connectivity index (χ2n) is 4.73. The Kier molecular flexibility index (Phi) is 5.48. The molecule has 0 saturated carbocycles. The van der Waals surface area contributed by atoms with Crippen LogP contribution in [0.2, 0.25) is 10.0 Å². The second-order valence-corrected chi connectivity index (χ2v) is 5.58. The molecule has 0 radical (unpaired) electrons. The van der Waals surface area contributed by atoms with Crippen LogP contribution < -0.4 is 10.2 Å². The Morgan fingerprint density at radius 1 is 1.10 bits per heavy atom. The number of nitrogens with one attached hydrogen (secondary N) is 1. The first kappa shape index (κ1) is 15.7. The van der Waals surface area contributed by atoms with Crippen LogP contribution in [0.25, 0.3) is 0 Å². The van der Waals surface area contributed by atoms with Crippen LogP contribution >= 0.6 is 23.2 Å². The van der Waals surface area contributed by atoms with E-state index in [0.29, 0.717) is 15.8 Å². The number of ether oxygens (including phenoxy) is 1. The highest BCUT2D eigenvalue weighted by atomic mass is 35.5. The average Bonchev–Trinajstić information content (AvgIpc) is 2.43. The molecule has 2 rings (SSSR count). The zero-order valence-electron chi connectivity index (χ0n) is 11.8. The molecule has 21 heavy (non-hydrogen) atoms. The van der Waals surface area contributed by atoms with E-state index >= 15 is 0 Å². The van der Waals surface area contributed by atoms with Crippen LogP contribution in [-0.2, 0) is 0 Å². The van der Waals surface area contributed by atoms with E-state index in [1.165, 1.54) is 0 Å². The molecule has 0 bridgehead atoms. The number of halogens is 2. The number of rotatable bonds is 5. The van der Waals surface area contributed by atoms with Gasteiger partial charge in [-0.3, -0.25) is 5.43 Å². The van der Waals surface area contributed by atoms with Gasteiger partial charge in [0, 0.05) is 5.02 Å². The van der Waals surface area contributed by atoms with Crippen LogP contribution in [0.4, 0.5) is 5.69 Å². The summed E-state index contributed by atoms with van der Waals surface area (Å²) in [5.41, 5.74) is 4.67. The van der Waals surface area contributed by atoms with Gasteiger partial charge in [0.05, 0.1) is 23.0 Å². The van der Waals surface area contributed by atoms with Gasteiger partial charge in [0.2, 0.25) is 0 Å². The van der Waals surface area contributed by atoms with Crippen LogP contribution in [0.15, 0.2) is 47.6 Å². The summed E-state index contributed by atoms with van der Waals surface area (Å²) in [6.07, 6.45) is 1.79. The SMILES string of the molecule is CC(C)Oc1ccc(/C=N/Nc2ccc(Cl)cc2)cc1Cl. The number of nitrogens with zero attached hydrogens (tertiary/aromatic N) is 1. The fourth-order valence-electron chi connectivity index (χ4n) is 1.65. The summed E-state index contributed by atoms with van der Waals surface area (Å²) in [6.45, 7) is 3.92. The highest BCUT2D eigenvalue weighted by Gasteiger charge is 2.04. The lowest BCUT2D eigenvalue weighted by Crippen LogP contribution is -2.05. The Labute approximate surface area is 134 Å². The minimum Gasteiger partial charge on any atom is -0.489 e. The van der Waals surface area contributed by atoms with E-state index in [-0.39, 0.29) is 6.10 Å². The van der Waals surface area contributed by atoms with Gasteiger partial charge >= 0.3 is 0 Å². The van der Waals surface area contributed by atoms with Crippen molar-refractivity contribution < 1.29 is 4.74 Å². The van der Waals surface area contributed by atoms with E-state index in [1.807, 2.05) is 44.2 Å². The summed E-state index contributed by atoms with van der Waals surface area (Å²) in [6, 6.07) is 12.9. The van der Waals surface area contributed by atoms with Crippen molar-refractivity contribution >= 4 is 35.1 Å².